The fraction of sp³-hybridized carbons (Fsp3) is 0.375. The molecule has 112 valence electrons. The third-order valence-corrected chi connectivity index (χ3v) is 3.01. The van der Waals surface area contributed by atoms with Crippen LogP contribution in [0.15, 0.2) is 30.6 Å². The second kappa shape index (κ2) is 6.92. The van der Waals surface area contributed by atoms with Crippen LogP contribution in [0.25, 0.3) is 0 Å². The number of nitrogens with zero attached hydrogens (tertiary/aromatic N) is 2. The van der Waals surface area contributed by atoms with Crippen LogP contribution in [-0.2, 0) is 0 Å². The quantitative estimate of drug-likeness (QED) is 0.875. The molecule has 0 spiro atoms. The lowest BCUT2D eigenvalue weighted by Crippen LogP contribution is -2.04. The molecule has 5 heteroatoms. The SMILES string of the molecule is CCCOc1ncnc(Oc2ccc(C(C)C)cc2)c1N. The molecule has 0 radical (unpaired) electrons. The topological polar surface area (TPSA) is 70.3 Å². The monoisotopic (exact) mass is 287 g/mol. The van der Waals surface area contributed by atoms with Gasteiger partial charge >= 0.3 is 0 Å². The van der Waals surface area contributed by atoms with Crippen LogP contribution < -0.4 is 15.2 Å². The molecule has 0 amide bonds. The fourth-order valence-corrected chi connectivity index (χ4v) is 1.79. The molecule has 1 aromatic heterocycles. The largest absolute Gasteiger partial charge is 0.476 e. The van der Waals surface area contributed by atoms with Gasteiger partial charge < -0.3 is 15.2 Å². The van der Waals surface area contributed by atoms with Crippen LogP contribution in [0.3, 0.4) is 0 Å². The van der Waals surface area contributed by atoms with Gasteiger partial charge in [0.15, 0.2) is 5.69 Å². The van der Waals surface area contributed by atoms with E-state index in [9.17, 15) is 0 Å². The number of hydrogen-bond donors (Lipinski definition) is 1. The molecule has 0 aliphatic carbocycles. The van der Waals surface area contributed by atoms with Gasteiger partial charge in [-0.1, -0.05) is 32.9 Å². The van der Waals surface area contributed by atoms with Crippen LogP contribution in [0.2, 0.25) is 0 Å². The Morgan fingerprint density at radius 1 is 1.10 bits per heavy atom. The first kappa shape index (κ1) is 15.1. The molecule has 0 aliphatic rings. The highest BCUT2D eigenvalue weighted by atomic mass is 16.5. The first-order valence-electron chi connectivity index (χ1n) is 7.13. The van der Waals surface area contributed by atoms with E-state index in [2.05, 4.69) is 23.8 Å². The van der Waals surface area contributed by atoms with Crippen molar-refractivity contribution < 1.29 is 9.47 Å². The number of rotatable bonds is 6. The van der Waals surface area contributed by atoms with Gasteiger partial charge in [0, 0.05) is 0 Å². The predicted octanol–water partition coefficient (Wildman–Crippen LogP) is 3.76. The molecule has 0 fully saturated rings. The van der Waals surface area contributed by atoms with E-state index in [1.807, 2.05) is 31.2 Å². The molecule has 2 N–H and O–H groups in total. The number of benzene rings is 1. The minimum absolute atomic E-state index is 0.313. The second-order valence-corrected chi connectivity index (χ2v) is 5.07. The zero-order chi connectivity index (χ0) is 15.2. The summed E-state index contributed by atoms with van der Waals surface area (Å²) in [6.45, 7) is 6.88. The molecule has 2 aromatic rings. The van der Waals surface area contributed by atoms with Gasteiger partial charge in [0.2, 0.25) is 11.8 Å². The lowest BCUT2D eigenvalue weighted by Gasteiger charge is -2.11. The lowest BCUT2D eigenvalue weighted by atomic mass is 10.0. The maximum absolute atomic E-state index is 5.98. The van der Waals surface area contributed by atoms with Crippen LogP contribution in [0.5, 0.6) is 17.5 Å². The van der Waals surface area contributed by atoms with E-state index in [1.54, 1.807) is 0 Å². The molecular formula is C16H21N3O2. The van der Waals surface area contributed by atoms with Gasteiger partial charge in [0.25, 0.3) is 0 Å². The van der Waals surface area contributed by atoms with Gasteiger partial charge in [-0.05, 0) is 30.0 Å². The van der Waals surface area contributed by atoms with Crippen molar-refractivity contribution in [3.63, 3.8) is 0 Å². The molecular weight excluding hydrogens is 266 g/mol. The van der Waals surface area contributed by atoms with E-state index >= 15 is 0 Å². The average Bonchev–Trinajstić information content (AvgIpc) is 2.49. The smallest absolute Gasteiger partial charge is 0.249 e. The molecule has 0 unspecified atom stereocenters. The van der Waals surface area contributed by atoms with Crippen molar-refractivity contribution in [1.82, 2.24) is 9.97 Å². The van der Waals surface area contributed by atoms with E-state index in [1.165, 1.54) is 11.9 Å². The molecule has 0 atom stereocenters. The third-order valence-electron chi connectivity index (χ3n) is 3.01. The first-order chi connectivity index (χ1) is 10.1. The summed E-state index contributed by atoms with van der Waals surface area (Å²) in [6, 6.07) is 7.88. The highest BCUT2D eigenvalue weighted by Crippen LogP contribution is 2.31. The minimum atomic E-state index is 0.313. The Hall–Kier alpha value is -2.30. The number of aromatic nitrogens is 2. The highest BCUT2D eigenvalue weighted by molar-refractivity contribution is 5.56. The minimum Gasteiger partial charge on any atom is -0.476 e. The molecule has 1 aromatic carbocycles. The van der Waals surface area contributed by atoms with Crippen molar-refractivity contribution in [2.45, 2.75) is 33.1 Å². The zero-order valence-corrected chi connectivity index (χ0v) is 12.7. The van der Waals surface area contributed by atoms with E-state index in [4.69, 9.17) is 15.2 Å². The van der Waals surface area contributed by atoms with E-state index in [0.29, 0.717) is 35.7 Å². The van der Waals surface area contributed by atoms with Gasteiger partial charge in [-0.2, -0.15) is 9.97 Å². The molecule has 0 saturated carbocycles. The van der Waals surface area contributed by atoms with Crippen molar-refractivity contribution in [1.29, 1.82) is 0 Å². The maximum atomic E-state index is 5.98. The van der Waals surface area contributed by atoms with Crippen molar-refractivity contribution in [3.8, 4) is 17.5 Å². The van der Waals surface area contributed by atoms with E-state index in [0.717, 1.165) is 6.42 Å². The van der Waals surface area contributed by atoms with Gasteiger partial charge in [-0.15, -0.1) is 0 Å². The number of ether oxygens (including phenoxy) is 2. The van der Waals surface area contributed by atoms with Crippen molar-refractivity contribution >= 4 is 5.69 Å². The van der Waals surface area contributed by atoms with Crippen LogP contribution in [-0.4, -0.2) is 16.6 Å². The number of hydrogen-bond acceptors (Lipinski definition) is 5. The van der Waals surface area contributed by atoms with Crippen molar-refractivity contribution in [2.24, 2.45) is 0 Å². The first-order valence-corrected chi connectivity index (χ1v) is 7.13. The molecule has 0 aliphatic heterocycles. The van der Waals surface area contributed by atoms with Gasteiger partial charge in [-0.25, -0.2) is 0 Å². The Kier molecular flexibility index (Phi) is 4.98. The maximum Gasteiger partial charge on any atom is 0.249 e. The van der Waals surface area contributed by atoms with E-state index in [-0.39, 0.29) is 0 Å². The Bertz CT molecular complexity index is 583. The lowest BCUT2D eigenvalue weighted by molar-refractivity contribution is 0.304. The molecule has 0 saturated heterocycles. The number of anilines is 1. The van der Waals surface area contributed by atoms with Crippen molar-refractivity contribution in [3.05, 3.63) is 36.2 Å². The molecule has 2 rings (SSSR count). The summed E-state index contributed by atoms with van der Waals surface area (Å²) in [5.41, 5.74) is 7.55. The van der Waals surface area contributed by atoms with E-state index < -0.39 is 0 Å². The summed E-state index contributed by atoms with van der Waals surface area (Å²) in [5.74, 6) is 1.84. The van der Waals surface area contributed by atoms with Crippen LogP contribution >= 0.6 is 0 Å². The van der Waals surface area contributed by atoms with Crippen LogP contribution in [0.1, 0.15) is 38.7 Å². The van der Waals surface area contributed by atoms with Gasteiger partial charge in [-0.3, -0.25) is 0 Å². The summed E-state index contributed by atoms with van der Waals surface area (Å²) in [5, 5.41) is 0. The summed E-state index contributed by atoms with van der Waals surface area (Å²) in [6.07, 6.45) is 2.27. The molecule has 5 nitrogen and oxygen atoms in total. The summed E-state index contributed by atoms with van der Waals surface area (Å²) in [7, 11) is 0. The molecule has 1 heterocycles. The summed E-state index contributed by atoms with van der Waals surface area (Å²) < 4.78 is 11.2. The van der Waals surface area contributed by atoms with Crippen molar-refractivity contribution in [2.75, 3.05) is 12.3 Å². The number of nitrogens with two attached hydrogens (primary N) is 1. The second-order valence-electron chi connectivity index (χ2n) is 5.07. The molecule has 21 heavy (non-hydrogen) atoms. The standard InChI is InChI=1S/C16H21N3O2/c1-4-9-20-15-14(17)16(19-10-18-15)21-13-7-5-12(6-8-13)11(2)3/h5-8,10-11H,4,9,17H2,1-3H3. The molecule has 0 bridgehead atoms. The van der Waals surface area contributed by atoms with Crippen LogP contribution in [0, 0.1) is 0 Å². The Morgan fingerprint density at radius 3 is 2.38 bits per heavy atom. The Morgan fingerprint density at radius 2 is 1.76 bits per heavy atom. The normalized spacial score (nSPS) is 10.7. The summed E-state index contributed by atoms with van der Waals surface area (Å²) in [4.78, 5) is 8.08. The van der Waals surface area contributed by atoms with Gasteiger partial charge in [0.05, 0.1) is 6.61 Å². The Labute approximate surface area is 125 Å². The zero-order valence-electron chi connectivity index (χ0n) is 12.7. The van der Waals surface area contributed by atoms with Crippen LogP contribution in [0.4, 0.5) is 5.69 Å². The fourth-order valence-electron chi connectivity index (χ4n) is 1.79. The average molecular weight is 287 g/mol. The van der Waals surface area contributed by atoms with Gasteiger partial charge in [0.1, 0.15) is 12.1 Å². The highest BCUT2D eigenvalue weighted by Gasteiger charge is 2.11. The predicted molar refractivity (Wildman–Crippen MR) is 82.8 cm³/mol. The number of nitrogen functional groups attached to an aromatic ring is 1. The summed E-state index contributed by atoms with van der Waals surface area (Å²) >= 11 is 0. The Balaban J connectivity index is 2.15. The third kappa shape index (κ3) is 3.84.